The van der Waals surface area contributed by atoms with Crippen LogP contribution in [0.5, 0.6) is 0 Å². The summed E-state index contributed by atoms with van der Waals surface area (Å²) in [7, 11) is -4.48. The van der Waals surface area contributed by atoms with Gasteiger partial charge in [0.25, 0.3) is 0 Å². The van der Waals surface area contributed by atoms with E-state index in [4.69, 9.17) is 9.79 Å². The number of unbranched alkanes of at least 4 members (excludes halogenated alkanes) is 13. The molecule has 0 radical (unpaired) electrons. The van der Waals surface area contributed by atoms with Crippen molar-refractivity contribution in [2.24, 2.45) is 0 Å². The Hall–Kier alpha value is 1.07. The zero-order chi connectivity index (χ0) is 20.1. The molecule has 2 N–H and O–H groups in total. The molecule has 0 unspecified atom stereocenters. The molecule has 0 atom stereocenters. The Morgan fingerprint density at radius 2 is 1.00 bits per heavy atom. The molecule has 27 heavy (non-hydrogen) atoms. The molecule has 0 aliphatic carbocycles. The van der Waals surface area contributed by atoms with Gasteiger partial charge in [-0.25, -0.2) is 9.45 Å². The Labute approximate surface area is 190 Å². The van der Waals surface area contributed by atoms with E-state index in [-0.39, 0.29) is 36.2 Å². The van der Waals surface area contributed by atoms with Crippen molar-refractivity contribution in [1.29, 1.82) is 0 Å². The van der Waals surface area contributed by atoms with Crippen LogP contribution in [0.4, 0.5) is 0 Å². The van der Waals surface area contributed by atoms with Gasteiger partial charge in [0.15, 0.2) is 0 Å². The van der Waals surface area contributed by atoms with E-state index in [0.29, 0.717) is 0 Å². The van der Waals surface area contributed by atoms with Gasteiger partial charge in [-0.2, -0.15) is 20.8 Å². The van der Waals surface area contributed by atoms with Crippen LogP contribution in [0.15, 0.2) is 0 Å². The van der Waals surface area contributed by atoms with E-state index in [1.807, 2.05) is 0 Å². The topological polar surface area (TPSA) is 76.0 Å². The summed E-state index contributed by atoms with van der Waals surface area (Å²) in [5.74, 6) is 1.42. The van der Waals surface area contributed by atoms with Gasteiger partial charge in [-0.15, -0.1) is 4.67 Å². The molecule has 0 aliphatic heterocycles. The van der Waals surface area contributed by atoms with E-state index in [0.717, 1.165) is 19.3 Å². The van der Waals surface area contributed by atoms with Crippen molar-refractivity contribution in [2.75, 3.05) is 6.61 Å². The molecule has 0 aromatic heterocycles. The van der Waals surface area contributed by atoms with E-state index < -0.39 is 7.82 Å². The maximum atomic E-state index is 10.3. The molecule has 7 heteroatoms. The molecule has 0 aromatic carbocycles. The van der Waals surface area contributed by atoms with Crippen LogP contribution in [0.1, 0.15) is 118 Å². The van der Waals surface area contributed by atoms with Crippen molar-refractivity contribution in [2.45, 2.75) is 118 Å². The smallest absolute Gasteiger partial charge is 0.323 e. The minimum atomic E-state index is -4.48. The molecule has 0 saturated heterocycles. The Balaban J connectivity index is -0.00000104. The summed E-state index contributed by atoms with van der Waals surface area (Å²) in [6, 6.07) is 0. The zero-order valence-electron chi connectivity index (χ0n) is 18.7. The number of hydrogen-bond donors (Lipinski definition) is 2. The molecular formula is C20H44NaO5P. The third-order valence-electron chi connectivity index (χ3n) is 3.73. The average molecular weight is 419 g/mol. The Kier molecular flexibility index (Phi) is 30.4. The zero-order valence-corrected chi connectivity index (χ0v) is 21.6. The second kappa shape index (κ2) is 25.1. The Morgan fingerprint density at radius 1 is 0.704 bits per heavy atom. The fourth-order valence-corrected chi connectivity index (χ4v) is 2.67. The fraction of sp³-hybridized carbons (Fsp3) is 0.950. The first-order chi connectivity index (χ1) is 12.3. The van der Waals surface area contributed by atoms with Gasteiger partial charge in [-0.1, -0.05) is 90.4 Å². The maximum absolute atomic E-state index is 10.3. The minimum Gasteiger partial charge on any atom is -0.323 e. The first kappa shape index (κ1) is 32.7. The second-order valence-corrected chi connectivity index (χ2v) is 8.61. The predicted molar refractivity (Wildman–Crippen MR) is 110 cm³/mol. The molecule has 0 rings (SSSR count). The third-order valence-corrected chi connectivity index (χ3v) is 4.03. The van der Waals surface area contributed by atoms with Crippen molar-refractivity contribution < 1.29 is 53.5 Å². The summed E-state index contributed by atoms with van der Waals surface area (Å²) in [6.07, 6.45) is 17.8. The third kappa shape index (κ3) is 42.2. The Bertz CT molecular complexity index is 308. The fourth-order valence-electron chi connectivity index (χ4n) is 2.46. The van der Waals surface area contributed by atoms with E-state index in [1.54, 1.807) is 0 Å². The molecule has 0 aliphatic rings. The van der Waals surface area contributed by atoms with E-state index in [9.17, 15) is 4.57 Å². The van der Waals surface area contributed by atoms with Gasteiger partial charge in [0.05, 0.1) is 6.61 Å². The molecule has 0 aromatic rings. The standard InChI is InChI=1S/C16H35O5P.C4H9.Na/c1-2-3-4-5-6-7-8-9-10-11-12-13-14-15-16-20-21-22(17,18)19;1-4(2)3;/h2-16H2,1H3,(H2,17,18,19);1-3H3;/q;-1;+1. The Morgan fingerprint density at radius 3 is 1.30 bits per heavy atom. The summed E-state index contributed by atoms with van der Waals surface area (Å²) in [6.45, 7) is 8.74. The van der Waals surface area contributed by atoms with Crippen LogP contribution in [0, 0.1) is 5.92 Å². The molecule has 5 nitrogen and oxygen atoms in total. The minimum absolute atomic E-state index is 0. The van der Waals surface area contributed by atoms with E-state index in [2.05, 4.69) is 37.3 Å². The van der Waals surface area contributed by atoms with E-state index >= 15 is 0 Å². The summed E-state index contributed by atoms with van der Waals surface area (Å²) in [4.78, 5) is 21.2. The number of rotatable bonds is 17. The normalized spacial score (nSPS) is 11.1. The van der Waals surface area contributed by atoms with Crippen LogP contribution in [-0.2, 0) is 14.1 Å². The molecule has 160 valence electrons. The van der Waals surface area contributed by atoms with Gasteiger partial charge in [-0.3, -0.25) is 0 Å². The van der Waals surface area contributed by atoms with Crippen molar-refractivity contribution in [3.8, 4) is 0 Å². The van der Waals surface area contributed by atoms with Crippen molar-refractivity contribution >= 4 is 7.82 Å². The van der Waals surface area contributed by atoms with Crippen LogP contribution in [0.25, 0.3) is 0 Å². The molecule has 0 saturated carbocycles. The summed E-state index contributed by atoms with van der Waals surface area (Å²) >= 11 is 0. The number of hydrogen-bond acceptors (Lipinski definition) is 3. The summed E-state index contributed by atoms with van der Waals surface area (Å²) in [5.41, 5.74) is 0. The van der Waals surface area contributed by atoms with Crippen LogP contribution < -0.4 is 29.6 Å². The number of phosphoric acid groups is 1. The average Bonchev–Trinajstić information content (AvgIpc) is 2.53. The van der Waals surface area contributed by atoms with Crippen molar-refractivity contribution in [1.82, 2.24) is 0 Å². The van der Waals surface area contributed by atoms with Crippen molar-refractivity contribution in [3.05, 3.63) is 5.92 Å². The monoisotopic (exact) mass is 418 g/mol. The first-order valence-corrected chi connectivity index (χ1v) is 12.0. The van der Waals surface area contributed by atoms with Gasteiger partial charge in [0, 0.05) is 0 Å². The van der Waals surface area contributed by atoms with Crippen LogP contribution in [-0.4, -0.2) is 16.4 Å². The molecule has 0 amide bonds. The molecular weight excluding hydrogens is 374 g/mol. The first-order valence-electron chi connectivity index (χ1n) is 10.4. The van der Waals surface area contributed by atoms with Gasteiger partial charge >= 0.3 is 37.4 Å². The van der Waals surface area contributed by atoms with Crippen LogP contribution in [0.3, 0.4) is 0 Å². The molecule has 0 heterocycles. The SMILES string of the molecule is CCCCCCCCCCCCCCCCOOP(=O)(O)O.C[C-](C)C.[Na+]. The van der Waals surface area contributed by atoms with Crippen molar-refractivity contribution in [3.63, 3.8) is 0 Å². The quantitative estimate of drug-likeness (QED) is 0.0928. The molecule has 0 spiro atoms. The summed E-state index contributed by atoms with van der Waals surface area (Å²) in [5, 5.41) is 0. The van der Waals surface area contributed by atoms with Crippen LogP contribution >= 0.6 is 7.82 Å². The van der Waals surface area contributed by atoms with E-state index in [1.165, 1.54) is 76.5 Å². The van der Waals surface area contributed by atoms with Crippen LogP contribution in [0.2, 0.25) is 0 Å². The second-order valence-electron chi connectivity index (χ2n) is 7.48. The van der Waals surface area contributed by atoms with Gasteiger partial charge in [-0.05, 0) is 6.42 Å². The largest absolute Gasteiger partial charge is 1.00 e. The summed E-state index contributed by atoms with van der Waals surface area (Å²) < 4.78 is 14.2. The van der Waals surface area contributed by atoms with Gasteiger partial charge in [0.2, 0.25) is 0 Å². The maximum Gasteiger partial charge on any atom is 1.00 e. The van der Waals surface area contributed by atoms with Gasteiger partial charge < -0.3 is 15.7 Å². The van der Waals surface area contributed by atoms with Gasteiger partial charge in [0.1, 0.15) is 0 Å². The molecule has 0 fully saturated rings. The predicted octanol–water partition coefficient (Wildman–Crippen LogP) is 4.13. The molecule has 0 bridgehead atoms.